The molecule has 1 fully saturated rings. The summed E-state index contributed by atoms with van der Waals surface area (Å²) in [6, 6.07) is 32.3. The summed E-state index contributed by atoms with van der Waals surface area (Å²) in [5, 5.41) is 8.04. The zero-order valence-electron chi connectivity index (χ0n) is 20.7. The maximum absolute atomic E-state index is 13.8. The summed E-state index contributed by atoms with van der Waals surface area (Å²) in [6.45, 7) is 1.56. The summed E-state index contributed by atoms with van der Waals surface area (Å²) >= 11 is 0. The fourth-order valence-corrected chi connectivity index (χ4v) is 5.15. The van der Waals surface area contributed by atoms with Gasteiger partial charge in [0.05, 0.1) is 6.04 Å². The number of fused-ring (bicyclic) bond motifs is 1. The molecule has 0 aliphatic carbocycles. The fourth-order valence-electron chi connectivity index (χ4n) is 5.15. The second-order valence-electron chi connectivity index (χ2n) is 9.59. The van der Waals surface area contributed by atoms with Gasteiger partial charge in [0.15, 0.2) is 0 Å². The Morgan fingerprint density at radius 3 is 2.03 bits per heavy atom. The van der Waals surface area contributed by atoms with Gasteiger partial charge in [-0.2, -0.15) is 0 Å². The highest BCUT2D eigenvalue weighted by Gasteiger charge is 2.51. The first-order valence-electron chi connectivity index (χ1n) is 12.4. The van der Waals surface area contributed by atoms with Crippen LogP contribution in [0.4, 0.5) is 4.79 Å². The topological polar surface area (TPSA) is 78.5 Å². The molecule has 0 aromatic heterocycles. The third kappa shape index (κ3) is 5.09. The van der Waals surface area contributed by atoms with Gasteiger partial charge in [-0.25, -0.2) is 4.79 Å². The number of nitrogens with one attached hydrogen (secondary N) is 2. The fraction of sp³-hybridized carbons (Fsp3) is 0.194. The molecule has 0 spiro atoms. The number of amides is 4. The Morgan fingerprint density at radius 2 is 1.38 bits per heavy atom. The Kier molecular flexibility index (Phi) is 6.73. The van der Waals surface area contributed by atoms with Gasteiger partial charge in [0.2, 0.25) is 5.91 Å². The van der Waals surface area contributed by atoms with E-state index >= 15 is 0 Å². The molecule has 0 bridgehead atoms. The van der Waals surface area contributed by atoms with E-state index in [0.717, 1.165) is 32.4 Å². The van der Waals surface area contributed by atoms with Crippen LogP contribution in [0.15, 0.2) is 103 Å². The van der Waals surface area contributed by atoms with Crippen LogP contribution in [-0.4, -0.2) is 34.8 Å². The van der Waals surface area contributed by atoms with E-state index in [0.29, 0.717) is 12.8 Å². The summed E-state index contributed by atoms with van der Waals surface area (Å²) in [5.41, 5.74) is 1.68. The third-order valence-electron chi connectivity index (χ3n) is 6.91. The molecule has 5 rings (SSSR count). The minimum Gasteiger partial charge on any atom is -0.348 e. The average Bonchev–Trinajstić information content (AvgIpc) is 3.13. The molecule has 2 N–H and O–H groups in total. The molecule has 1 saturated heterocycles. The van der Waals surface area contributed by atoms with Crippen LogP contribution in [0.3, 0.4) is 0 Å². The predicted molar refractivity (Wildman–Crippen MR) is 144 cm³/mol. The van der Waals surface area contributed by atoms with Gasteiger partial charge in [-0.3, -0.25) is 14.5 Å². The van der Waals surface area contributed by atoms with Gasteiger partial charge in [-0.05, 0) is 34.4 Å². The second-order valence-corrected chi connectivity index (χ2v) is 9.59. The number of hydrogen-bond donors (Lipinski definition) is 2. The van der Waals surface area contributed by atoms with Gasteiger partial charge in [0.25, 0.3) is 5.91 Å². The first-order chi connectivity index (χ1) is 17.9. The zero-order valence-corrected chi connectivity index (χ0v) is 20.7. The number of carbonyl (C=O) groups excluding carboxylic acids is 3. The lowest BCUT2D eigenvalue weighted by molar-refractivity contribution is -0.135. The lowest BCUT2D eigenvalue weighted by Crippen LogP contribution is -2.51. The molecule has 0 radical (unpaired) electrons. The number of rotatable bonds is 8. The van der Waals surface area contributed by atoms with Gasteiger partial charge >= 0.3 is 6.03 Å². The predicted octanol–water partition coefficient (Wildman–Crippen LogP) is 4.79. The normalized spacial score (nSPS) is 15.4. The van der Waals surface area contributed by atoms with Crippen molar-refractivity contribution < 1.29 is 14.4 Å². The third-order valence-corrected chi connectivity index (χ3v) is 6.91. The van der Waals surface area contributed by atoms with Crippen molar-refractivity contribution in [1.82, 2.24) is 15.5 Å². The molecular formula is C31H29N3O3. The highest BCUT2D eigenvalue weighted by atomic mass is 16.2. The maximum Gasteiger partial charge on any atom is 0.325 e. The van der Waals surface area contributed by atoms with E-state index < -0.39 is 17.5 Å². The molecule has 4 aromatic carbocycles. The molecule has 1 aliphatic heterocycles. The largest absolute Gasteiger partial charge is 0.348 e. The smallest absolute Gasteiger partial charge is 0.325 e. The van der Waals surface area contributed by atoms with E-state index in [-0.39, 0.29) is 18.5 Å². The Hall–Kier alpha value is -4.45. The van der Waals surface area contributed by atoms with Crippen molar-refractivity contribution in [3.63, 3.8) is 0 Å². The van der Waals surface area contributed by atoms with Crippen molar-refractivity contribution in [3.05, 3.63) is 120 Å². The molecule has 6 heteroatoms. The first kappa shape index (κ1) is 24.3. The van der Waals surface area contributed by atoms with Crippen LogP contribution in [0.1, 0.15) is 29.7 Å². The van der Waals surface area contributed by atoms with Crippen LogP contribution in [0.2, 0.25) is 0 Å². The summed E-state index contributed by atoms with van der Waals surface area (Å²) in [4.78, 5) is 40.9. The Morgan fingerprint density at radius 1 is 0.811 bits per heavy atom. The number of imide groups is 1. The molecule has 1 atom stereocenters. The number of nitrogens with zero attached hydrogens (tertiary/aromatic N) is 1. The minimum atomic E-state index is -1.17. The number of benzene rings is 4. The van der Waals surface area contributed by atoms with Crippen LogP contribution in [-0.2, 0) is 22.4 Å². The Balaban J connectivity index is 1.35. The summed E-state index contributed by atoms with van der Waals surface area (Å²) < 4.78 is 0. The molecule has 37 heavy (non-hydrogen) atoms. The van der Waals surface area contributed by atoms with Gasteiger partial charge in [-0.15, -0.1) is 0 Å². The van der Waals surface area contributed by atoms with Crippen molar-refractivity contribution in [2.75, 3.05) is 6.54 Å². The summed E-state index contributed by atoms with van der Waals surface area (Å²) in [6.07, 6.45) is 0.662. The lowest BCUT2D eigenvalue weighted by atomic mass is 9.84. The van der Waals surface area contributed by atoms with Crippen molar-refractivity contribution in [2.45, 2.75) is 31.3 Å². The highest BCUT2D eigenvalue weighted by Crippen LogP contribution is 2.28. The van der Waals surface area contributed by atoms with Crippen LogP contribution in [0.25, 0.3) is 10.8 Å². The minimum absolute atomic E-state index is 0.294. The van der Waals surface area contributed by atoms with Crippen molar-refractivity contribution >= 4 is 28.6 Å². The lowest BCUT2D eigenvalue weighted by Gasteiger charge is -2.27. The summed E-state index contributed by atoms with van der Waals surface area (Å²) in [5.74, 6) is -0.780. The molecule has 6 nitrogen and oxygen atoms in total. The molecule has 1 aliphatic rings. The van der Waals surface area contributed by atoms with E-state index in [1.54, 1.807) is 0 Å². The van der Waals surface area contributed by atoms with Gasteiger partial charge in [0.1, 0.15) is 12.1 Å². The van der Waals surface area contributed by atoms with E-state index in [1.807, 2.05) is 110 Å². The van der Waals surface area contributed by atoms with Crippen molar-refractivity contribution in [2.24, 2.45) is 0 Å². The second kappa shape index (κ2) is 10.3. The van der Waals surface area contributed by atoms with Crippen LogP contribution >= 0.6 is 0 Å². The monoisotopic (exact) mass is 491 g/mol. The van der Waals surface area contributed by atoms with Crippen molar-refractivity contribution in [1.29, 1.82) is 0 Å². The van der Waals surface area contributed by atoms with E-state index in [1.165, 1.54) is 0 Å². The molecule has 186 valence electrons. The number of carbonyl (C=O) groups is 3. The SMILES string of the molecule is C[C@@H](NC(=O)CN1C(=O)NC(Cc2ccccc2)(Cc2ccccc2)C1=O)c1cccc2ccccc12. The Bertz CT molecular complexity index is 1390. The standard InChI is InChI=1S/C31H29N3O3/c1-22(26-18-10-16-25-15-8-9-17-27(25)26)32-28(35)21-34-29(36)31(33-30(34)37,19-23-11-4-2-5-12-23)20-24-13-6-3-7-14-24/h2-18,22H,19-21H2,1H3,(H,32,35)(H,33,37)/t22-/m1/s1. The van der Waals surface area contributed by atoms with Crippen molar-refractivity contribution in [3.8, 4) is 0 Å². The van der Waals surface area contributed by atoms with E-state index in [9.17, 15) is 14.4 Å². The molecular weight excluding hydrogens is 462 g/mol. The van der Waals surface area contributed by atoms with E-state index in [4.69, 9.17) is 0 Å². The van der Waals surface area contributed by atoms with Gasteiger partial charge in [-0.1, -0.05) is 103 Å². The molecule has 4 amide bonds. The van der Waals surface area contributed by atoms with Gasteiger partial charge in [0, 0.05) is 12.8 Å². The molecule has 4 aromatic rings. The van der Waals surface area contributed by atoms with Crippen LogP contribution in [0, 0.1) is 0 Å². The van der Waals surface area contributed by atoms with Gasteiger partial charge < -0.3 is 10.6 Å². The molecule has 0 unspecified atom stereocenters. The van der Waals surface area contributed by atoms with Crippen LogP contribution < -0.4 is 10.6 Å². The first-order valence-corrected chi connectivity index (χ1v) is 12.4. The number of hydrogen-bond acceptors (Lipinski definition) is 3. The quantitative estimate of drug-likeness (QED) is 0.348. The highest BCUT2D eigenvalue weighted by molar-refractivity contribution is 6.09. The molecule has 1 heterocycles. The van der Waals surface area contributed by atoms with Crippen LogP contribution in [0.5, 0.6) is 0 Å². The summed E-state index contributed by atoms with van der Waals surface area (Å²) in [7, 11) is 0. The molecule has 0 saturated carbocycles. The average molecular weight is 492 g/mol. The Labute approximate surface area is 216 Å². The maximum atomic E-state index is 13.8. The number of urea groups is 1. The zero-order chi connectivity index (χ0) is 25.8. The van der Waals surface area contributed by atoms with E-state index in [2.05, 4.69) is 10.6 Å².